The third-order valence-electron chi connectivity index (χ3n) is 13.8. The summed E-state index contributed by atoms with van der Waals surface area (Å²) in [6, 6.07) is 18.5. The number of nitrogens with zero attached hydrogens (tertiary/aromatic N) is 14. The Labute approximate surface area is 472 Å². The van der Waals surface area contributed by atoms with Crippen molar-refractivity contribution >= 4 is 45.0 Å². The van der Waals surface area contributed by atoms with Crippen molar-refractivity contribution in [3.05, 3.63) is 178 Å². The number of hydrogen-bond donors (Lipinski definition) is 2. The number of halogens is 4. The fourth-order valence-electron chi connectivity index (χ4n) is 9.99. The van der Waals surface area contributed by atoms with Crippen molar-refractivity contribution in [3.63, 3.8) is 0 Å². The van der Waals surface area contributed by atoms with E-state index in [4.69, 9.17) is 50.6 Å². The lowest BCUT2D eigenvalue weighted by atomic mass is 10.0. The zero-order valence-corrected chi connectivity index (χ0v) is 42.9. The highest BCUT2D eigenvalue weighted by atomic mass is 19.1. The van der Waals surface area contributed by atoms with Crippen LogP contribution in [0.25, 0.3) is 78.1 Å². The van der Waals surface area contributed by atoms with Crippen LogP contribution in [-0.2, 0) is 0 Å². The van der Waals surface area contributed by atoms with Crippen molar-refractivity contribution in [2.75, 3.05) is 37.9 Å². The number of fused-ring (bicyclic) bond motifs is 6. The average Bonchev–Trinajstić information content (AvgIpc) is 2.70. The number of anilines is 2. The van der Waals surface area contributed by atoms with Crippen LogP contribution in [0.1, 0.15) is 52.2 Å². The van der Waals surface area contributed by atoms with Gasteiger partial charge < -0.3 is 30.4 Å². The van der Waals surface area contributed by atoms with Crippen LogP contribution >= 0.6 is 0 Å². The molecule has 14 rings (SSSR count). The quantitative estimate of drug-likeness (QED) is 0.134. The predicted molar refractivity (Wildman–Crippen MR) is 303 cm³/mol. The molecular formula is C58H48F4N16O6. The molecular weight excluding hydrogens is 1090 g/mol. The van der Waals surface area contributed by atoms with E-state index in [1.807, 2.05) is 0 Å². The van der Waals surface area contributed by atoms with Crippen molar-refractivity contribution in [3.8, 4) is 68.0 Å². The van der Waals surface area contributed by atoms with Crippen LogP contribution in [0.3, 0.4) is 0 Å². The van der Waals surface area contributed by atoms with Gasteiger partial charge in [-0.1, -0.05) is 39.1 Å². The topological polar surface area (TPSA) is 271 Å². The summed E-state index contributed by atoms with van der Waals surface area (Å²) in [7, 11) is 0. The van der Waals surface area contributed by atoms with Crippen LogP contribution in [0.5, 0.6) is 23.3 Å². The Balaban J connectivity index is 0.000000171. The summed E-state index contributed by atoms with van der Waals surface area (Å²) in [5.74, 6) is -0.264. The zero-order valence-electron chi connectivity index (χ0n) is 42.9. The number of aromatic nitrogens is 14. The summed E-state index contributed by atoms with van der Waals surface area (Å²) in [4.78, 5) is 62.9. The van der Waals surface area contributed by atoms with Gasteiger partial charge in [-0.25, -0.2) is 66.8 Å². The van der Waals surface area contributed by atoms with Crippen LogP contribution in [0.2, 0.25) is 0 Å². The van der Waals surface area contributed by atoms with Crippen molar-refractivity contribution in [2.24, 2.45) is 0 Å². The van der Waals surface area contributed by atoms with Crippen molar-refractivity contribution in [1.29, 1.82) is 0 Å². The molecule has 0 fully saturated rings. The molecule has 12 heterocycles. The van der Waals surface area contributed by atoms with E-state index in [0.29, 0.717) is 94.3 Å². The summed E-state index contributed by atoms with van der Waals surface area (Å²) in [6.07, 6.45) is 7.90. The Morgan fingerprint density at radius 3 is 1.33 bits per heavy atom. The highest BCUT2D eigenvalue weighted by Gasteiger charge is 2.30. The lowest BCUT2D eigenvalue weighted by Gasteiger charge is -2.18. The fraction of sp³-hybridized carbons (Fsp3) is 0.172. The second-order valence-electron chi connectivity index (χ2n) is 18.8. The van der Waals surface area contributed by atoms with Gasteiger partial charge >= 0.3 is 0 Å². The van der Waals surface area contributed by atoms with Crippen LogP contribution in [0, 0.1) is 23.3 Å². The van der Waals surface area contributed by atoms with E-state index in [0.717, 1.165) is 21.2 Å². The van der Waals surface area contributed by atoms with Crippen LogP contribution < -0.4 is 41.5 Å². The van der Waals surface area contributed by atoms with Crippen LogP contribution in [0.4, 0.5) is 29.2 Å². The summed E-state index contributed by atoms with van der Waals surface area (Å²) >= 11 is 0. The Kier molecular flexibility index (Phi) is 14.3. The van der Waals surface area contributed by atoms with Crippen LogP contribution in [0.15, 0.2) is 132 Å². The number of rotatable bonds is 8. The molecule has 2 aliphatic rings. The number of ether oxygens (including phenoxy) is 4. The van der Waals surface area contributed by atoms with Gasteiger partial charge in [0.1, 0.15) is 96.7 Å². The van der Waals surface area contributed by atoms with Gasteiger partial charge in [0, 0.05) is 35.9 Å². The minimum atomic E-state index is -0.716. The number of benzene rings is 2. The van der Waals surface area contributed by atoms with E-state index < -0.39 is 46.5 Å². The molecule has 0 aliphatic carbocycles. The van der Waals surface area contributed by atoms with E-state index in [2.05, 4.69) is 29.9 Å². The monoisotopic (exact) mass is 1140 g/mol. The fourth-order valence-corrected chi connectivity index (χ4v) is 9.99. The predicted octanol–water partition coefficient (Wildman–Crippen LogP) is 8.88. The summed E-state index contributed by atoms with van der Waals surface area (Å²) in [5.41, 5.74) is 16.0. The number of nitrogen functional groups attached to an aromatic ring is 2. The first kappa shape index (κ1) is 55.0. The van der Waals surface area contributed by atoms with E-state index >= 15 is 0 Å². The molecule has 4 N–H and O–H groups in total. The summed E-state index contributed by atoms with van der Waals surface area (Å²) in [5, 5.41) is 10.6. The Morgan fingerprint density at radius 2 is 0.917 bits per heavy atom. The third-order valence-corrected chi connectivity index (χ3v) is 13.8. The second-order valence-corrected chi connectivity index (χ2v) is 18.8. The molecule has 26 heteroatoms. The first-order valence-electron chi connectivity index (χ1n) is 25.2. The smallest absolute Gasteiger partial charge is 0.266 e. The second kappa shape index (κ2) is 21.9. The summed E-state index contributed by atoms with van der Waals surface area (Å²) < 4.78 is 84.7. The Morgan fingerprint density at radius 1 is 0.500 bits per heavy atom. The lowest BCUT2D eigenvalue weighted by molar-refractivity contribution is 0.164. The van der Waals surface area contributed by atoms with E-state index in [1.54, 1.807) is 59.9 Å². The zero-order chi connectivity index (χ0) is 56.5. The maximum Gasteiger partial charge on any atom is 0.266 e. The van der Waals surface area contributed by atoms with E-state index in [1.165, 1.54) is 73.3 Å². The molecule has 0 spiro atoms. The average molecular weight is 1140 g/mol. The molecule has 2 aliphatic heterocycles. The summed E-state index contributed by atoms with van der Waals surface area (Å²) in [6.45, 7) is 5.11. The van der Waals surface area contributed by atoms with Crippen LogP contribution in [-0.4, -0.2) is 94.7 Å². The molecule has 0 amide bonds. The maximum atomic E-state index is 14.3. The number of hydrogen-bond acceptors (Lipinski definition) is 18. The van der Waals surface area contributed by atoms with Gasteiger partial charge in [0.2, 0.25) is 0 Å². The largest absolute Gasteiger partial charge is 0.484 e. The maximum absolute atomic E-state index is 14.3. The van der Waals surface area contributed by atoms with E-state index in [9.17, 15) is 27.2 Å². The molecule has 10 aromatic heterocycles. The van der Waals surface area contributed by atoms with Gasteiger partial charge in [0.05, 0.1) is 45.4 Å². The highest BCUT2D eigenvalue weighted by molar-refractivity contribution is 5.99. The standard InChI is InChI=1S/2C28H20F2N8O3.2CH4/c2*1-14(23-21(15-3-2-4-17(29)9-15)28(39)37-12-18(30)5-6-20(37)35-23)38-26-22(25(31)33-13-34-26)24(36-38)16-10-19-27(32-11-16)41-8-7-40-19;;/h2*2-6,9-14H,7-8H2,1H3,(H2,31,33,34);2*1H4/t2*14-;;/m10../s1. The first-order valence-corrected chi connectivity index (χ1v) is 25.2. The Bertz CT molecular complexity index is 4410. The Hall–Kier alpha value is -10.9. The minimum Gasteiger partial charge on any atom is -0.484 e. The minimum absolute atomic E-state index is 0. The lowest BCUT2D eigenvalue weighted by Crippen LogP contribution is -2.23. The first-order chi connectivity index (χ1) is 39.8. The molecule has 0 saturated heterocycles. The van der Waals surface area contributed by atoms with Gasteiger partial charge in [-0.2, -0.15) is 10.2 Å². The molecule has 2 aromatic carbocycles. The van der Waals surface area contributed by atoms with E-state index in [-0.39, 0.29) is 71.4 Å². The van der Waals surface area contributed by atoms with Gasteiger partial charge in [-0.15, -0.1) is 0 Å². The molecule has 22 nitrogen and oxygen atoms in total. The SMILES string of the molecule is C.C.C[C@@H](c1nc2ccc(F)cn2c(=O)c1-c1cccc(F)c1)n1nc(-c2cnc3c(c2)OCCO3)c2c(N)ncnc21.C[C@H](c1nc2ccc(F)cn2c(=O)c1-c1cccc(F)c1)n1nc(-c2cnc3c(c2)OCCO3)c2c(N)ncnc21. The molecule has 2 atom stereocenters. The number of pyridine rings is 4. The van der Waals surface area contributed by atoms with Gasteiger partial charge in [-0.3, -0.25) is 18.4 Å². The normalized spacial score (nSPS) is 13.2. The molecule has 0 radical (unpaired) electrons. The van der Waals surface area contributed by atoms with Crippen molar-refractivity contribution in [1.82, 2.24) is 68.2 Å². The van der Waals surface area contributed by atoms with Crippen molar-refractivity contribution < 1.29 is 36.5 Å². The molecule has 0 unspecified atom stereocenters. The molecule has 0 bridgehead atoms. The van der Waals surface area contributed by atoms with Crippen molar-refractivity contribution in [2.45, 2.75) is 40.8 Å². The van der Waals surface area contributed by atoms with Gasteiger partial charge in [0.15, 0.2) is 22.8 Å². The molecule has 0 saturated carbocycles. The number of nitrogens with two attached hydrogens (primary N) is 2. The highest BCUT2D eigenvalue weighted by Crippen LogP contribution is 2.40. The van der Waals surface area contributed by atoms with Gasteiger partial charge in [0.25, 0.3) is 22.9 Å². The molecule has 12 aromatic rings. The molecule has 84 heavy (non-hydrogen) atoms. The molecule has 424 valence electrons. The van der Waals surface area contributed by atoms with Gasteiger partial charge in [-0.05, 0) is 85.6 Å². The third kappa shape index (κ3) is 9.56.